The molecule has 0 aliphatic heterocycles. The maximum absolute atomic E-state index is 2.46. The second-order valence-electron chi connectivity index (χ2n) is 18.9. The van der Waals surface area contributed by atoms with Gasteiger partial charge in [0.1, 0.15) is 0 Å². The molecule has 0 N–H and O–H groups in total. The number of rotatable bonds is 8. The van der Waals surface area contributed by atoms with Crippen LogP contribution in [0, 0.1) is 0 Å². The van der Waals surface area contributed by atoms with Crippen molar-refractivity contribution in [3.05, 3.63) is 266 Å². The van der Waals surface area contributed by atoms with Crippen LogP contribution in [0.1, 0.15) is 25.0 Å². The summed E-state index contributed by atoms with van der Waals surface area (Å²) >= 11 is 0. The van der Waals surface area contributed by atoms with Gasteiger partial charge in [-0.2, -0.15) is 0 Å². The molecular formula is C67H48N2. The van der Waals surface area contributed by atoms with E-state index < -0.39 is 0 Å². The highest BCUT2D eigenvalue weighted by Gasteiger charge is 2.35. The zero-order valence-corrected chi connectivity index (χ0v) is 38.6. The monoisotopic (exact) mass is 880 g/mol. The number of benzene rings is 11. The number of anilines is 3. The van der Waals surface area contributed by atoms with E-state index in [1.165, 1.54) is 93.8 Å². The van der Waals surface area contributed by atoms with Crippen molar-refractivity contribution >= 4 is 49.6 Å². The molecule has 1 aliphatic carbocycles. The lowest BCUT2D eigenvalue weighted by molar-refractivity contribution is 0.660. The summed E-state index contributed by atoms with van der Waals surface area (Å²) in [6, 6.07) is 93.6. The van der Waals surface area contributed by atoms with E-state index >= 15 is 0 Å². The molecule has 1 aliphatic rings. The number of para-hydroxylation sites is 2. The minimum atomic E-state index is -0.126. The maximum atomic E-state index is 2.46. The first-order valence-electron chi connectivity index (χ1n) is 24.0. The van der Waals surface area contributed by atoms with Gasteiger partial charge in [0.15, 0.2) is 0 Å². The largest absolute Gasteiger partial charge is 0.310 e. The Morgan fingerprint density at radius 3 is 1.62 bits per heavy atom. The first-order chi connectivity index (χ1) is 34.0. The van der Waals surface area contributed by atoms with Gasteiger partial charge < -0.3 is 9.47 Å². The van der Waals surface area contributed by atoms with Gasteiger partial charge in [-0.05, 0) is 133 Å². The first-order valence-corrected chi connectivity index (χ1v) is 24.0. The number of nitrogens with zero attached hydrogens (tertiary/aromatic N) is 2. The molecule has 69 heavy (non-hydrogen) atoms. The predicted octanol–water partition coefficient (Wildman–Crippen LogP) is 18.4. The Labute approximate surface area is 403 Å². The molecule has 0 fully saturated rings. The Bertz CT molecular complexity index is 3910. The van der Waals surface area contributed by atoms with Gasteiger partial charge in [-0.15, -0.1) is 0 Å². The molecule has 0 atom stereocenters. The average Bonchev–Trinajstić information content (AvgIpc) is 3.86. The Hall–Kier alpha value is -8.72. The number of aromatic nitrogens is 1. The van der Waals surface area contributed by atoms with Gasteiger partial charge in [-0.3, -0.25) is 0 Å². The van der Waals surface area contributed by atoms with Crippen molar-refractivity contribution in [2.24, 2.45) is 0 Å². The van der Waals surface area contributed by atoms with E-state index in [1.807, 2.05) is 0 Å². The van der Waals surface area contributed by atoms with Crippen LogP contribution >= 0.6 is 0 Å². The molecule has 0 amide bonds. The fourth-order valence-corrected chi connectivity index (χ4v) is 11.2. The molecule has 2 heteroatoms. The SMILES string of the molecule is CC1(C)c2ccccc2-c2ccc(N(c3ccc(-c4ccccc4-n4c5ccccc5c5ccc(-c6cccc(-c7ccccc7)c6)cc54)cc3)c3ccc(-c4cccc5ccccc45)cc3)cc21. The van der Waals surface area contributed by atoms with Gasteiger partial charge >= 0.3 is 0 Å². The van der Waals surface area contributed by atoms with Gasteiger partial charge in [-0.25, -0.2) is 0 Å². The molecule has 0 saturated heterocycles. The first kappa shape index (κ1) is 40.5. The molecule has 1 aromatic heterocycles. The van der Waals surface area contributed by atoms with Crippen molar-refractivity contribution < 1.29 is 0 Å². The normalized spacial score (nSPS) is 12.6. The third-order valence-electron chi connectivity index (χ3n) is 14.6. The van der Waals surface area contributed by atoms with Gasteiger partial charge in [0.05, 0.1) is 16.7 Å². The summed E-state index contributed by atoms with van der Waals surface area (Å²) in [4.78, 5) is 2.42. The molecule has 0 spiro atoms. The molecule has 11 aromatic carbocycles. The van der Waals surface area contributed by atoms with Crippen molar-refractivity contribution in [2.75, 3.05) is 4.90 Å². The van der Waals surface area contributed by atoms with Crippen LogP contribution < -0.4 is 4.90 Å². The highest BCUT2D eigenvalue weighted by Crippen LogP contribution is 2.51. The lowest BCUT2D eigenvalue weighted by atomic mass is 9.82. The summed E-state index contributed by atoms with van der Waals surface area (Å²) in [5.74, 6) is 0. The van der Waals surface area contributed by atoms with Crippen molar-refractivity contribution in [3.8, 4) is 61.3 Å². The zero-order valence-electron chi connectivity index (χ0n) is 38.6. The fourth-order valence-electron chi connectivity index (χ4n) is 11.2. The standard InChI is InChI=1S/C67H48N2/c1-67(2)62-27-11-8-24-58(62)59-41-39-54(44-63(59)67)68(52-35-30-47(31-36-52)56-26-15-19-46-18-6-7-22-55(46)56)53-37-32-48(33-38-53)57-23-9-12-28-64(57)69-65-29-13-10-25-60(65)61-40-34-51(43-66(61)69)50-21-14-20-49(42-50)45-16-4-3-5-17-45/h3-44H,1-2H3. The van der Waals surface area contributed by atoms with Crippen molar-refractivity contribution in [2.45, 2.75) is 19.3 Å². The van der Waals surface area contributed by atoms with E-state index in [-0.39, 0.29) is 5.41 Å². The molecule has 0 radical (unpaired) electrons. The van der Waals surface area contributed by atoms with Crippen LogP contribution in [0.15, 0.2) is 255 Å². The lowest BCUT2D eigenvalue weighted by Crippen LogP contribution is -2.16. The highest BCUT2D eigenvalue weighted by molar-refractivity contribution is 6.11. The van der Waals surface area contributed by atoms with Crippen LogP contribution in [0.5, 0.6) is 0 Å². The van der Waals surface area contributed by atoms with Crippen LogP contribution in [-0.2, 0) is 5.41 Å². The molecular weight excluding hydrogens is 833 g/mol. The molecule has 2 nitrogen and oxygen atoms in total. The molecule has 0 bridgehead atoms. The van der Waals surface area contributed by atoms with Crippen LogP contribution in [0.4, 0.5) is 17.1 Å². The van der Waals surface area contributed by atoms with Gasteiger partial charge in [0.25, 0.3) is 0 Å². The summed E-state index contributed by atoms with van der Waals surface area (Å²) in [5.41, 5.74) is 21.7. The lowest BCUT2D eigenvalue weighted by Gasteiger charge is -2.28. The van der Waals surface area contributed by atoms with E-state index in [0.717, 1.165) is 28.3 Å². The number of hydrogen-bond donors (Lipinski definition) is 0. The van der Waals surface area contributed by atoms with Crippen molar-refractivity contribution in [3.63, 3.8) is 0 Å². The Kier molecular flexibility index (Phi) is 9.55. The van der Waals surface area contributed by atoms with Gasteiger partial charge in [0.2, 0.25) is 0 Å². The summed E-state index contributed by atoms with van der Waals surface area (Å²) < 4.78 is 2.46. The van der Waals surface area contributed by atoms with Gasteiger partial charge in [0, 0.05) is 38.8 Å². The second-order valence-corrected chi connectivity index (χ2v) is 18.9. The Morgan fingerprint density at radius 1 is 0.304 bits per heavy atom. The van der Waals surface area contributed by atoms with E-state index in [1.54, 1.807) is 0 Å². The molecule has 0 saturated carbocycles. The predicted molar refractivity (Wildman–Crippen MR) is 292 cm³/mol. The minimum absolute atomic E-state index is 0.126. The third-order valence-corrected chi connectivity index (χ3v) is 14.6. The molecule has 1 heterocycles. The van der Waals surface area contributed by atoms with E-state index in [9.17, 15) is 0 Å². The summed E-state index contributed by atoms with van der Waals surface area (Å²) in [7, 11) is 0. The summed E-state index contributed by atoms with van der Waals surface area (Å²) in [6.45, 7) is 4.72. The smallest absolute Gasteiger partial charge is 0.0547 e. The Balaban J connectivity index is 0.921. The topological polar surface area (TPSA) is 8.17 Å². The highest BCUT2D eigenvalue weighted by atomic mass is 15.1. The fraction of sp³-hybridized carbons (Fsp3) is 0.0448. The second kappa shape index (κ2) is 16.3. The van der Waals surface area contributed by atoms with Crippen LogP contribution in [0.2, 0.25) is 0 Å². The maximum Gasteiger partial charge on any atom is 0.0547 e. The molecule has 326 valence electrons. The van der Waals surface area contributed by atoms with Crippen LogP contribution in [-0.4, -0.2) is 4.57 Å². The quantitative estimate of drug-likeness (QED) is 0.148. The molecule has 12 aromatic rings. The number of hydrogen-bond acceptors (Lipinski definition) is 1. The summed E-state index contributed by atoms with van der Waals surface area (Å²) in [6.07, 6.45) is 0. The van der Waals surface area contributed by atoms with Gasteiger partial charge in [-0.1, -0.05) is 208 Å². The Morgan fingerprint density at radius 2 is 0.826 bits per heavy atom. The summed E-state index contributed by atoms with van der Waals surface area (Å²) in [5, 5.41) is 4.99. The molecule has 0 unspecified atom stereocenters. The van der Waals surface area contributed by atoms with E-state index in [0.29, 0.717) is 0 Å². The molecule has 13 rings (SSSR count). The van der Waals surface area contributed by atoms with Crippen molar-refractivity contribution in [1.82, 2.24) is 4.57 Å². The van der Waals surface area contributed by atoms with Crippen molar-refractivity contribution in [1.29, 1.82) is 0 Å². The third kappa shape index (κ3) is 6.79. The zero-order chi connectivity index (χ0) is 46.1. The minimum Gasteiger partial charge on any atom is -0.310 e. The van der Waals surface area contributed by atoms with E-state index in [4.69, 9.17) is 0 Å². The average molecular weight is 881 g/mol. The van der Waals surface area contributed by atoms with E-state index in [2.05, 4.69) is 278 Å². The number of fused-ring (bicyclic) bond motifs is 7. The van der Waals surface area contributed by atoms with Crippen LogP contribution in [0.25, 0.3) is 93.9 Å². The van der Waals surface area contributed by atoms with Crippen LogP contribution in [0.3, 0.4) is 0 Å².